The third-order valence-electron chi connectivity index (χ3n) is 2.82. The van der Waals surface area contributed by atoms with E-state index < -0.39 is 24.0 Å². The first-order chi connectivity index (χ1) is 8.22. The minimum atomic E-state index is -0.553. The smallest absolute Gasteiger partial charge is 0.159 e. The van der Waals surface area contributed by atoms with E-state index in [0.717, 1.165) is 0 Å². The summed E-state index contributed by atoms with van der Waals surface area (Å²) in [6.45, 7) is 1.06. The molecule has 94 valence electrons. The molecular weight excluding hydrogens is 228 g/mol. The maximum Gasteiger partial charge on any atom is 0.159 e. The highest BCUT2D eigenvalue weighted by Crippen LogP contribution is 2.26. The molecule has 1 atom stereocenters. The van der Waals surface area contributed by atoms with Crippen LogP contribution in [-0.2, 0) is 9.47 Å². The van der Waals surface area contributed by atoms with Gasteiger partial charge in [0.05, 0.1) is 13.2 Å². The monoisotopic (exact) mass is 243 g/mol. The van der Waals surface area contributed by atoms with Gasteiger partial charge >= 0.3 is 0 Å². The zero-order valence-electron chi connectivity index (χ0n) is 9.58. The average Bonchev–Trinajstić information content (AvgIpc) is 2.80. The lowest BCUT2D eigenvalue weighted by Gasteiger charge is -2.20. The molecule has 1 saturated heterocycles. The van der Waals surface area contributed by atoms with Crippen LogP contribution in [0, 0.1) is 11.6 Å². The maximum absolute atomic E-state index is 13.6. The topological polar surface area (TPSA) is 30.5 Å². The molecule has 1 aromatic rings. The summed E-state index contributed by atoms with van der Waals surface area (Å²) in [7, 11) is 1.66. The van der Waals surface area contributed by atoms with Crippen LogP contribution in [-0.4, -0.2) is 26.6 Å². The van der Waals surface area contributed by atoms with Crippen LogP contribution in [0.1, 0.15) is 18.0 Å². The summed E-state index contributed by atoms with van der Waals surface area (Å²) in [4.78, 5) is 0. The van der Waals surface area contributed by atoms with E-state index in [1.54, 1.807) is 7.05 Å². The number of hydrogen-bond donors (Lipinski definition) is 1. The van der Waals surface area contributed by atoms with E-state index >= 15 is 0 Å². The van der Waals surface area contributed by atoms with Gasteiger partial charge in [-0.05, 0) is 19.2 Å². The second kappa shape index (κ2) is 5.53. The zero-order chi connectivity index (χ0) is 12.3. The van der Waals surface area contributed by atoms with Crippen LogP contribution in [0.4, 0.5) is 8.78 Å². The number of rotatable bonds is 4. The zero-order valence-corrected chi connectivity index (χ0v) is 9.58. The largest absolute Gasteiger partial charge is 0.350 e. The Labute approximate surface area is 98.7 Å². The van der Waals surface area contributed by atoms with Crippen molar-refractivity contribution in [3.63, 3.8) is 0 Å². The van der Waals surface area contributed by atoms with E-state index in [0.29, 0.717) is 19.6 Å². The minimum absolute atomic E-state index is 0.0362. The number of ether oxygens (including phenoxy) is 2. The first-order valence-corrected chi connectivity index (χ1v) is 5.56. The van der Waals surface area contributed by atoms with Crippen molar-refractivity contribution < 1.29 is 18.3 Å². The summed E-state index contributed by atoms with van der Waals surface area (Å²) in [6.07, 6.45) is -0.0135. The molecule has 1 heterocycles. The van der Waals surface area contributed by atoms with Crippen LogP contribution in [0.2, 0.25) is 0 Å². The molecular formula is C12H15F2NO2. The molecule has 0 bridgehead atoms. The van der Waals surface area contributed by atoms with Crippen LogP contribution in [0.15, 0.2) is 18.2 Å². The van der Waals surface area contributed by atoms with Crippen molar-refractivity contribution in [2.24, 2.45) is 0 Å². The predicted molar refractivity (Wildman–Crippen MR) is 58.5 cm³/mol. The van der Waals surface area contributed by atoms with Gasteiger partial charge in [0.2, 0.25) is 0 Å². The average molecular weight is 243 g/mol. The van der Waals surface area contributed by atoms with Crippen molar-refractivity contribution in [2.75, 3.05) is 20.3 Å². The molecule has 17 heavy (non-hydrogen) atoms. The highest BCUT2D eigenvalue weighted by Gasteiger charge is 2.25. The molecule has 1 aromatic carbocycles. The molecule has 0 aliphatic carbocycles. The SMILES string of the molecule is CNC(CC1OCCO1)c1c(F)cccc1F. The van der Waals surface area contributed by atoms with Crippen molar-refractivity contribution in [1.82, 2.24) is 5.32 Å². The Balaban J connectivity index is 2.16. The molecule has 1 N–H and O–H groups in total. The molecule has 0 spiro atoms. The highest BCUT2D eigenvalue weighted by molar-refractivity contribution is 5.23. The first kappa shape index (κ1) is 12.4. The molecule has 5 heteroatoms. The number of nitrogens with one attached hydrogen (secondary N) is 1. The van der Waals surface area contributed by atoms with Gasteiger partial charge in [-0.3, -0.25) is 0 Å². The molecule has 2 rings (SSSR count). The fourth-order valence-corrected chi connectivity index (χ4v) is 1.96. The third-order valence-corrected chi connectivity index (χ3v) is 2.82. The Morgan fingerprint density at radius 3 is 2.41 bits per heavy atom. The van der Waals surface area contributed by atoms with E-state index in [1.165, 1.54) is 18.2 Å². The molecule has 1 aliphatic heterocycles. The van der Waals surface area contributed by atoms with Gasteiger partial charge < -0.3 is 14.8 Å². The Morgan fingerprint density at radius 1 is 1.29 bits per heavy atom. The lowest BCUT2D eigenvalue weighted by atomic mass is 10.0. The predicted octanol–water partition coefficient (Wildman–Crippen LogP) is 1.99. The molecule has 3 nitrogen and oxygen atoms in total. The van der Waals surface area contributed by atoms with Crippen molar-refractivity contribution in [2.45, 2.75) is 18.8 Å². The molecule has 1 fully saturated rings. The van der Waals surface area contributed by atoms with E-state index in [2.05, 4.69) is 5.32 Å². The molecule has 1 unspecified atom stereocenters. The van der Waals surface area contributed by atoms with E-state index in [9.17, 15) is 8.78 Å². The van der Waals surface area contributed by atoms with Crippen molar-refractivity contribution in [3.8, 4) is 0 Å². The quantitative estimate of drug-likeness (QED) is 0.877. The van der Waals surface area contributed by atoms with Gasteiger partial charge in [0.25, 0.3) is 0 Å². The summed E-state index contributed by atoms with van der Waals surface area (Å²) in [5.74, 6) is -1.11. The van der Waals surface area contributed by atoms with Gasteiger partial charge in [-0.1, -0.05) is 6.07 Å². The van der Waals surface area contributed by atoms with E-state index in [4.69, 9.17) is 9.47 Å². The summed E-state index contributed by atoms with van der Waals surface area (Å²) in [6, 6.07) is 3.39. The summed E-state index contributed by atoms with van der Waals surface area (Å²) in [5, 5.41) is 2.89. The van der Waals surface area contributed by atoms with Crippen LogP contribution in [0.3, 0.4) is 0 Å². The summed E-state index contributed by atoms with van der Waals surface area (Å²) < 4.78 is 37.8. The Hall–Kier alpha value is -1.04. The van der Waals surface area contributed by atoms with Crippen molar-refractivity contribution >= 4 is 0 Å². The lowest BCUT2D eigenvalue weighted by molar-refractivity contribution is -0.0529. The second-order valence-electron chi connectivity index (χ2n) is 3.88. The Kier molecular flexibility index (Phi) is 4.04. The van der Waals surface area contributed by atoms with Gasteiger partial charge in [-0.25, -0.2) is 8.78 Å². The molecule has 0 saturated carbocycles. The maximum atomic E-state index is 13.6. The fraction of sp³-hybridized carbons (Fsp3) is 0.500. The molecule has 0 aromatic heterocycles. The highest BCUT2D eigenvalue weighted by atomic mass is 19.1. The van der Waals surface area contributed by atoms with Crippen LogP contribution in [0.25, 0.3) is 0 Å². The lowest BCUT2D eigenvalue weighted by Crippen LogP contribution is -2.24. The summed E-state index contributed by atoms with van der Waals surface area (Å²) >= 11 is 0. The van der Waals surface area contributed by atoms with Crippen LogP contribution >= 0.6 is 0 Å². The Morgan fingerprint density at radius 2 is 1.88 bits per heavy atom. The van der Waals surface area contributed by atoms with Crippen LogP contribution < -0.4 is 5.32 Å². The van der Waals surface area contributed by atoms with Gasteiger partial charge in [-0.2, -0.15) is 0 Å². The standard InChI is InChI=1S/C12H15F2NO2/c1-15-10(7-11-16-5-6-17-11)12-8(13)3-2-4-9(12)14/h2-4,10-11,15H,5-7H2,1H3. The Bertz CT molecular complexity index is 361. The molecule has 0 radical (unpaired) electrons. The van der Waals surface area contributed by atoms with Crippen LogP contribution in [0.5, 0.6) is 0 Å². The third kappa shape index (κ3) is 2.80. The molecule has 0 amide bonds. The number of hydrogen-bond acceptors (Lipinski definition) is 3. The van der Waals surface area contributed by atoms with E-state index in [1.807, 2.05) is 0 Å². The van der Waals surface area contributed by atoms with Gasteiger partial charge in [0, 0.05) is 18.0 Å². The van der Waals surface area contributed by atoms with E-state index in [-0.39, 0.29) is 5.56 Å². The van der Waals surface area contributed by atoms with Gasteiger partial charge in [0.15, 0.2) is 6.29 Å². The van der Waals surface area contributed by atoms with Gasteiger partial charge in [0.1, 0.15) is 11.6 Å². The normalized spacial score (nSPS) is 18.5. The van der Waals surface area contributed by atoms with Gasteiger partial charge in [-0.15, -0.1) is 0 Å². The minimum Gasteiger partial charge on any atom is -0.350 e. The fourth-order valence-electron chi connectivity index (χ4n) is 1.96. The molecule has 1 aliphatic rings. The van der Waals surface area contributed by atoms with Crippen molar-refractivity contribution in [1.29, 1.82) is 0 Å². The second-order valence-corrected chi connectivity index (χ2v) is 3.88. The summed E-state index contributed by atoms with van der Waals surface area (Å²) in [5.41, 5.74) is 0.0362. The number of halogens is 2. The first-order valence-electron chi connectivity index (χ1n) is 5.56. The number of benzene rings is 1. The van der Waals surface area contributed by atoms with Crippen molar-refractivity contribution in [3.05, 3.63) is 35.4 Å².